The maximum atomic E-state index is 13.6. The zero-order chi connectivity index (χ0) is 84.8. The Labute approximate surface area is 698 Å². The predicted molar refractivity (Wildman–Crippen MR) is 441 cm³/mol. The van der Waals surface area contributed by atoms with E-state index in [0.29, 0.717) is 55.8 Å². The van der Waals surface area contributed by atoms with Crippen LogP contribution in [-0.2, 0) is 95.7 Å². The van der Waals surface area contributed by atoms with Gasteiger partial charge < -0.3 is 69.1 Å². The summed E-state index contributed by atoms with van der Waals surface area (Å²) in [6.45, 7) is 31.7. The van der Waals surface area contributed by atoms with Crippen molar-refractivity contribution < 1.29 is 116 Å². The topological polar surface area (TPSA) is 437 Å². The second-order valence-electron chi connectivity index (χ2n) is 30.9. The van der Waals surface area contributed by atoms with Crippen LogP contribution in [0.4, 0.5) is 0 Å². The van der Waals surface area contributed by atoms with Crippen LogP contribution in [0.15, 0.2) is 119 Å². The standard InChI is InChI=1S/C30H41NO8.C28H39NO7.C10H15NO2.C10H10O2.C8H10O4.Al.B.H3N.HN.H2O/c1-6-21(22-12-14-24(15-13-22)37-20(2)32)18-30(5,28(35)39-31-23-10-8-7-9-11-23)19-29(3,4)27(34)38-25-16-17-36-26(25)33;1-5-19(20-11-13-22(30)14-12-20)17-28(4,26(33)36-29-21-9-7-6-8-10-21)18-27(2,3)25(32)35-23-15-16-34-24(23)31;1-8(2)10(12)13-11-9-6-4-3-5-7-9;1-3-9-4-6-10(7-5-9)12-8(2)11;1-5(2)7(9)12-6-3-4-11-8(6)10;;;;;/h12-15,21,25H,6-11,16-19H2,1-5H3;11-14,19,23,30H,5-10,15-18H2,1-4H3;1,3-7H2,2H3;3-7H,1H2,2H3;6H,1,3-4H2,2H3;;;1H3;1H;1H2. The first-order valence-corrected chi connectivity index (χ1v) is 39.6. The van der Waals surface area contributed by atoms with Crippen molar-refractivity contribution in [2.24, 2.45) is 37.1 Å². The minimum atomic E-state index is -1.09. The van der Waals surface area contributed by atoms with E-state index in [4.69, 9.17) is 52.0 Å². The van der Waals surface area contributed by atoms with Gasteiger partial charge in [-0.1, -0.05) is 111 Å². The number of carbonyl (C=O) groups excluding carboxylic acids is 11. The molecule has 9 rings (SSSR count). The van der Waals surface area contributed by atoms with Crippen LogP contribution in [0, 0.1) is 26.0 Å². The van der Waals surface area contributed by atoms with Crippen LogP contribution in [0.25, 0.3) is 6.08 Å². The number of benzene rings is 3. The fourth-order valence-corrected chi connectivity index (χ4v) is 13.5. The molecule has 6 fully saturated rings. The number of ether oxygens (including phenoxy) is 8. The van der Waals surface area contributed by atoms with Gasteiger partial charge in [0.1, 0.15) is 17.2 Å². The molecule has 4 radical (unpaired) electrons. The molecule has 31 heteroatoms. The Bertz CT molecular complexity index is 3880. The summed E-state index contributed by atoms with van der Waals surface area (Å²) in [5, 5.41) is 21.9. The molecule has 0 spiro atoms. The summed E-state index contributed by atoms with van der Waals surface area (Å²) in [5.74, 6) is -4.22. The van der Waals surface area contributed by atoms with Gasteiger partial charge in [-0.2, -0.15) is 0 Å². The van der Waals surface area contributed by atoms with Gasteiger partial charge >= 0.3 is 86.1 Å². The number of carbonyl (C=O) groups is 11. The minimum absolute atomic E-state index is 0. The SMILES string of the molecule is C=C(C)C(=O)OC1CCOC1=O.C=C(C)C(=O)ON=C1CCCCC1.C=Cc1ccc(OC(C)=O)cc1.CCC(CC(C)(CC(C)(C)C(=O)OC1CCOC1=O)C(=O)ON=C1CCCCC1)c1ccc(O)cc1.CCC(CC(C)(CC(C)(C)C(=O)OC1CCOC1=O)C(=O)ON=C1CCCCC1)c1ccc(OC(C)=O)cc1.N.O.[B].[NH]=[Al]. The summed E-state index contributed by atoms with van der Waals surface area (Å²) < 4.78 is 45.8. The average molecular weight is 1650 g/mol. The van der Waals surface area contributed by atoms with Crippen molar-refractivity contribution in [2.75, 3.05) is 19.8 Å². The van der Waals surface area contributed by atoms with Crippen molar-refractivity contribution in [3.8, 4) is 17.2 Å². The second-order valence-corrected chi connectivity index (χ2v) is 30.9. The number of nitrogens with zero attached hydrogens (tertiary/aromatic N) is 3. The summed E-state index contributed by atoms with van der Waals surface area (Å²) in [5.41, 5.74) is 2.10. The van der Waals surface area contributed by atoms with E-state index in [2.05, 4.69) is 39.9 Å². The Morgan fingerprint density at radius 1 is 0.496 bits per heavy atom. The molecule has 3 aliphatic heterocycles. The summed E-state index contributed by atoms with van der Waals surface area (Å²) in [7, 11) is 0. The molecule has 0 aromatic heterocycles. The molecule has 640 valence electrons. The third-order valence-electron chi connectivity index (χ3n) is 19.7. The van der Waals surface area contributed by atoms with Crippen LogP contribution >= 0.6 is 0 Å². The fraction of sp³-hybridized carbons (Fsp3) is 0.558. The molecule has 0 amide bonds. The van der Waals surface area contributed by atoms with Crippen LogP contribution in [0.2, 0.25) is 0 Å². The molecule has 0 bridgehead atoms. The van der Waals surface area contributed by atoms with E-state index >= 15 is 0 Å². The number of esters is 8. The molecule has 117 heavy (non-hydrogen) atoms. The predicted octanol–water partition coefficient (Wildman–Crippen LogP) is 15.0. The van der Waals surface area contributed by atoms with E-state index in [9.17, 15) is 57.8 Å². The quantitative estimate of drug-likeness (QED) is 0.0121. The van der Waals surface area contributed by atoms with E-state index in [1.54, 1.807) is 107 Å². The van der Waals surface area contributed by atoms with Crippen molar-refractivity contribution >= 4 is 113 Å². The summed E-state index contributed by atoms with van der Waals surface area (Å²) in [6, 6.07) is 21.3. The molecule has 3 aromatic carbocycles. The summed E-state index contributed by atoms with van der Waals surface area (Å²) >= 11 is 1.67. The number of aromatic hydroxyl groups is 1. The number of oxime groups is 3. The third-order valence-corrected chi connectivity index (χ3v) is 19.7. The molecule has 3 aromatic rings. The van der Waals surface area contributed by atoms with Crippen LogP contribution < -0.4 is 15.6 Å². The number of cyclic esters (lactones) is 3. The van der Waals surface area contributed by atoms with Gasteiger partial charge in [0, 0.05) is 52.7 Å². The zero-order valence-corrected chi connectivity index (χ0v) is 71.4. The van der Waals surface area contributed by atoms with Crippen LogP contribution in [-0.4, -0.2) is 156 Å². The molecule has 7 atom stereocenters. The van der Waals surface area contributed by atoms with Gasteiger partial charge in [0.25, 0.3) is 0 Å². The van der Waals surface area contributed by atoms with E-state index in [-0.39, 0.29) is 75.2 Å². The van der Waals surface area contributed by atoms with Gasteiger partial charge in [-0.3, -0.25) is 19.2 Å². The number of hydrogen-bond donors (Lipinski definition) is 3. The molecule has 3 saturated carbocycles. The Morgan fingerprint density at radius 2 is 0.803 bits per heavy atom. The Kier molecular flexibility index (Phi) is 47.5. The average Bonchev–Trinajstić information content (AvgIpc) is 1.16. The van der Waals surface area contributed by atoms with Crippen molar-refractivity contribution in [3.05, 3.63) is 120 Å². The molecule has 7 N–H and O–H groups in total. The Hall–Kier alpha value is -9.82. The van der Waals surface area contributed by atoms with Crippen molar-refractivity contribution in [1.82, 2.24) is 6.15 Å². The van der Waals surface area contributed by atoms with Crippen LogP contribution in [0.3, 0.4) is 0 Å². The number of phenols is 1. The first kappa shape index (κ1) is 105. The van der Waals surface area contributed by atoms with Gasteiger partial charge in [0.2, 0.25) is 18.3 Å². The third kappa shape index (κ3) is 36.7. The van der Waals surface area contributed by atoms with Gasteiger partial charge in [-0.15, -0.1) is 0 Å². The van der Waals surface area contributed by atoms with E-state index < -0.39 is 99.7 Å². The first-order chi connectivity index (χ1) is 54.0. The van der Waals surface area contributed by atoms with Crippen molar-refractivity contribution in [3.63, 3.8) is 0 Å². The van der Waals surface area contributed by atoms with Crippen molar-refractivity contribution in [1.29, 1.82) is 4.35 Å². The Balaban J connectivity index is 0.000000794. The van der Waals surface area contributed by atoms with E-state index in [0.717, 1.165) is 137 Å². The van der Waals surface area contributed by atoms with Crippen LogP contribution in [0.1, 0.15) is 266 Å². The number of hydrogen-bond acceptors (Lipinski definition) is 28. The normalized spacial score (nSPS) is 18.0. The summed E-state index contributed by atoms with van der Waals surface area (Å²) in [6.07, 6.45) is 18.0. The van der Waals surface area contributed by atoms with Crippen LogP contribution in [0.5, 0.6) is 17.2 Å². The zero-order valence-electron chi connectivity index (χ0n) is 70.2. The molecule has 3 aliphatic carbocycles. The summed E-state index contributed by atoms with van der Waals surface area (Å²) in [4.78, 5) is 147. The molecular formula is C86H121AlBN5O24. The molecule has 3 saturated heterocycles. The maximum absolute atomic E-state index is 13.6. The van der Waals surface area contributed by atoms with Gasteiger partial charge in [-0.05, 0) is 236 Å². The van der Waals surface area contributed by atoms with Gasteiger partial charge in [-0.25, -0.2) is 33.6 Å². The molecule has 3 heterocycles. The van der Waals surface area contributed by atoms with Gasteiger partial charge in [0.05, 0.1) is 58.6 Å². The molecule has 6 aliphatic rings. The van der Waals surface area contributed by atoms with E-state index in [1.807, 2.05) is 50.2 Å². The van der Waals surface area contributed by atoms with E-state index in [1.165, 1.54) is 27.2 Å². The Morgan fingerprint density at radius 3 is 1.09 bits per heavy atom. The molecular weight excluding hydrogens is 1520 g/mol. The number of phenolic OH excluding ortho intramolecular Hbond substituents is 1. The monoisotopic (exact) mass is 1650 g/mol. The first-order valence-electron chi connectivity index (χ1n) is 39.0. The van der Waals surface area contributed by atoms with Crippen molar-refractivity contribution in [2.45, 2.75) is 267 Å². The molecule has 7 unspecified atom stereocenters. The second kappa shape index (κ2) is 52.8. The number of nitrogens with one attached hydrogen (secondary N) is 1. The number of rotatable bonds is 27. The van der Waals surface area contributed by atoms with Gasteiger partial charge in [0.15, 0.2) is 0 Å². The molecule has 29 nitrogen and oxygen atoms in total. The fourth-order valence-electron chi connectivity index (χ4n) is 13.5.